The summed E-state index contributed by atoms with van der Waals surface area (Å²) in [6, 6.07) is 8.39. The van der Waals surface area contributed by atoms with Gasteiger partial charge < -0.3 is 9.72 Å². The van der Waals surface area contributed by atoms with E-state index in [9.17, 15) is 0 Å². The molecule has 0 saturated carbocycles. The van der Waals surface area contributed by atoms with Crippen LogP contribution in [0.1, 0.15) is 11.7 Å². The van der Waals surface area contributed by atoms with Gasteiger partial charge in [-0.05, 0) is 11.5 Å². The first kappa shape index (κ1) is 6.26. The first-order chi connectivity index (χ1) is 5.95. The van der Waals surface area contributed by atoms with Crippen molar-refractivity contribution in [2.75, 3.05) is 6.61 Å². The highest BCUT2D eigenvalue weighted by atomic mass is 16.6. The smallest absolute Gasteiger partial charge is 0.108 e. The Morgan fingerprint density at radius 2 is 2.25 bits per heavy atom. The molecular weight excluding hydrogens is 150 g/mol. The molecule has 0 radical (unpaired) electrons. The van der Waals surface area contributed by atoms with Gasteiger partial charge in [0.2, 0.25) is 0 Å². The van der Waals surface area contributed by atoms with Crippen molar-refractivity contribution >= 4 is 10.9 Å². The lowest BCUT2D eigenvalue weighted by molar-refractivity contribution is 0.416. The maximum absolute atomic E-state index is 5.25. The lowest BCUT2D eigenvalue weighted by Crippen LogP contribution is -1.81. The van der Waals surface area contributed by atoms with Crippen LogP contribution in [0.5, 0.6) is 0 Å². The Balaban J connectivity index is 2.32. The average Bonchev–Trinajstić information content (AvgIpc) is 2.82. The number of H-pyrrole nitrogens is 1. The second kappa shape index (κ2) is 2.11. The summed E-state index contributed by atoms with van der Waals surface area (Å²) in [6.07, 6.45) is 2.31. The van der Waals surface area contributed by atoms with Crippen LogP contribution in [-0.4, -0.2) is 11.6 Å². The zero-order valence-corrected chi connectivity index (χ0v) is 6.58. The molecule has 1 aliphatic rings. The van der Waals surface area contributed by atoms with Crippen LogP contribution >= 0.6 is 0 Å². The molecule has 1 fully saturated rings. The molecule has 0 spiro atoms. The molecule has 2 aromatic rings. The van der Waals surface area contributed by atoms with Crippen LogP contribution in [-0.2, 0) is 4.74 Å². The van der Waals surface area contributed by atoms with E-state index in [2.05, 4.69) is 29.2 Å². The minimum Gasteiger partial charge on any atom is -0.368 e. The number of aromatic nitrogens is 1. The van der Waals surface area contributed by atoms with E-state index in [1.165, 1.54) is 16.5 Å². The third kappa shape index (κ3) is 0.786. The van der Waals surface area contributed by atoms with Crippen molar-refractivity contribution in [3.8, 4) is 0 Å². The van der Waals surface area contributed by atoms with Crippen molar-refractivity contribution in [1.29, 1.82) is 0 Å². The minimum atomic E-state index is 0.340. The third-order valence-electron chi connectivity index (χ3n) is 2.30. The van der Waals surface area contributed by atoms with Gasteiger partial charge in [0.05, 0.1) is 12.1 Å². The molecule has 2 heterocycles. The normalized spacial score (nSPS) is 21.5. The van der Waals surface area contributed by atoms with Crippen LogP contribution < -0.4 is 0 Å². The Kier molecular flexibility index (Phi) is 1.10. The number of hydrogen-bond acceptors (Lipinski definition) is 1. The van der Waals surface area contributed by atoms with Crippen molar-refractivity contribution in [2.24, 2.45) is 0 Å². The fourth-order valence-corrected chi connectivity index (χ4v) is 1.61. The second-order valence-corrected chi connectivity index (χ2v) is 3.11. The number of rotatable bonds is 1. The Bertz CT molecular complexity index is 414. The van der Waals surface area contributed by atoms with E-state index in [4.69, 9.17) is 4.74 Å². The molecule has 1 aromatic carbocycles. The van der Waals surface area contributed by atoms with E-state index in [1.807, 2.05) is 6.20 Å². The van der Waals surface area contributed by atoms with E-state index in [0.717, 1.165) is 6.61 Å². The molecule has 0 aliphatic carbocycles. The van der Waals surface area contributed by atoms with Gasteiger partial charge in [-0.15, -0.1) is 0 Å². The van der Waals surface area contributed by atoms with Crippen LogP contribution in [0.2, 0.25) is 0 Å². The molecule has 0 bridgehead atoms. The van der Waals surface area contributed by atoms with Crippen LogP contribution in [0.25, 0.3) is 10.9 Å². The highest BCUT2D eigenvalue weighted by molar-refractivity contribution is 5.83. The van der Waals surface area contributed by atoms with E-state index < -0.39 is 0 Å². The van der Waals surface area contributed by atoms with Crippen molar-refractivity contribution in [2.45, 2.75) is 6.10 Å². The Morgan fingerprint density at radius 1 is 1.33 bits per heavy atom. The van der Waals surface area contributed by atoms with E-state index in [1.54, 1.807) is 0 Å². The zero-order valence-electron chi connectivity index (χ0n) is 6.58. The third-order valence-corrected chi connectivity index (χ3v) is 2.30. The molecule has 3 rings (SSSR count). The van der Waals surface area contributed by atoms with Gasteiger partial charge >= 0.3 is 0 Å². The summed E-state index contributed by atoms with van der Waals surface area (Å²) in [4.78, 5) is 3.23. The molecule has 1 saturated heterocycles. The Morgan fingerprint density at radius 3 is 3.08 bits per heavy atom. The van der Waals surface area contributed by atoms with Crippen molar-refractivity contribution in [1.82, 2.24) is 4.98 Å². The highest BCUT2D eigenvalue weighted by Gasteiger charge is 2.26. The van der Waals surface area contributed by atoms with E-state index in [0.29, 0.717) is 6.10 Å². The molecule has 2 nitrogen and oxygen atoms in total. The van der Waals surface area contributed by atoms with Gasteiger partial charge in [0.15, 0.2) is 0 Å². The van der Waals surface area contributed by atoms with Gasteiger partial charge in [0.25, 0.3) is 0 Å². The summed E-state index contributed by atoms with van der Waals surface area (Å²) < 4.78 is 5.25. The Hall–Kier alpha value is -1.28. The Labute approximate surface area is 70.2 Å². The minimum absolute atomic E-state index is 0.340. The van der Waals surface area contributed by atoms with Gasteiger partial charge in [-0.3, -0.25) is 0 Å². The van der Waals surface area contributed by atoms with Crippen molar-refractivity contribution < 1.29 is 4.74 Å². The summed E-state index contributed by atoms with van der Waals surface area (Å²) >= 11 is 0. The maximum Gasteiger partial charge on any atom is 0.108 e. The predicted octanol–water partition coefficient (Wildman–Crippen LogP) is 2.24. The summed E-state index contributed by atoms with van der Waals surface area (Å²) in [7, 11) is 0. The molecule has 1 atom stereocenters. The van der Waals surface area contributed by atoms with Crippen LogP contribution in [0.15, 0.2) is 30.5 Å². The second-order valence-electron chi connectivity index (χ2n) is 3.11. The number of epoxide rings is 1. The monoisotopic (exact) mass is 159 g/mol. The van der Waals surface area contributed by atoms with Crippen LogP contribution in [0.4, 0.5) is 0 Å². The molecule has 1 N–H and O–H groups in total. The number of aromatic amines is 1. The van der Waals surface area contributed by atoms with Gasteiger partial charge in [-0.1, -0.05) is 18.2 Å². The van der Waals surface area contributed by atoms with Gasteiger partial charge in [-0.2, -0.15) is 0 Å². The summed E-state index contributed by atoms with van der Waals surface area (Å²) in [5.41, 5.74) is 2.51. The van der Waals surface area contributed by atoms with Gasteiger partial charge in [0, 0.05) is 11.8 Å². The average molecular weight is 159 g/mol. The molecule has 1 unspecified atom stereocenters. The SMILES string of the molecule is c1cc(C2CO2)c2[nH]ccc2c1. The van der Waals surface area contributed by atoms with Crippen molar-refractivity contribution in [3.63, 3.8) is 0 Å². The van der Waals surface area contributed by atoms with E-state index >= 15 is 0 Å². The number of ether oxygens (including phenoxy) is 1. The summed E-state index contributed by atoms with van der Waals surface area (Å²) in [5, 5.41) is 1.27. The first-order valence-corrected chi connectivity index (χ1v) is 4.13. The topological polar surface area (TPSA) is 28.3 Å². The van der Waals surface area contributed by atoms with Crippen LogP contribution in [0.3, 0.4) is 0 Å². The zero-order chi connectivity index (χ0) is 7.97. The standard InChI is InChI=1S/C10H9NO/c1-2-7-4-5-11-10(7)8(3-1)9-6-12-9/h1-5,9,11H,6H2. The highest BCUT2D eigenvalue weighted by Crippen LogP contribution is 2.33. The van der Waals surface area contributed by atoms with Crippen molar-refractivity contribution in [3.05, 3.63) is 36.0 Å². The molecular formula is C10H9NO. The fraction of sp³-hybridized carbons (Fsp3) is 0.200. The molecule has 60 valence electrons. The number of nitrogens with one attached hydrogen (secondary N) is 1. The molecule has 0 amide bonds. The summed E-state index contributed by atoms with van der Waals surface area (Å²) in [6.45, 7) is 0.873. The molecule has 1 aromatic heterocycles. The largest absolute Gasteiger partial charge is 0.368 e. The van der Waals surface area contributed by atoms with E-state index in [-0.39, 0.29) is 0 Å². The predicted molar refractivity (Wildman–Crippen MR) is 47.0 cm³/mol. The number of hydrogen-bond donors (Lipinski definition) is 1. The molecule has 1 aliphatic heterocycles. The summed E-state index contributed by atoms with van der Waals surface area (Å²) in [5.74, 6) is 0. The first-order valence-electron chi connectivity index (χ1n) is 4.13. The lowest BCUT2D eigenvalue weighted by atomic mass is 10.1. The maximum atomic E-state index is 5.25. The van der Waals surface area contributed by atoms with Crippen LogP contribution in [0, 0.1) is 0 Å². The molecule has 2 heteroatoms. The quantitative estimate of drug-likeness (QED) is 0.635. The fourth-order valence-electron chi connectivity index (χ4n) is 1.61. The lowest BCUT2D eigenvalue weighted by Gasteiger charge is -1.96. The number of benzene rings is 1. The number of fused-ring (bicyclic) bond motifs is 1. The number of para-hydroxylation sites is 1. The van der Waals surface area contributed by atoms with Gasteiger partial charge in [-0.25, -0.2) is 0 Å². The molecule has 12 heavy (non-hydrogen) atoms. The van der Waals surface area contributed by atoms with Gasteiger partial charge in [0.1, 0.15) is 6.10 Å².